The van der Waals surface area contributed by atoms with Crippen molar-refractivity contribution in [3.05, 3.63) is 35.9 Å². The molecule has 1 aliphatic heterocycles. The summed E-state index contributed by atoms with van der Waals surface area (Å²) in [7, 11) is 1.80. The van der Waals surface area contributed by atoms with Gasteiger partial charge in [0.15, 0.2) is 0 Å². The summed E-state index contributed by atoms with van der Waals surface area (Å²) in [5.74, 6) is 0. The average molecular weight is 159 g/mol. The molecule has 0 spiro atoms. The van der Waals surface area contributed by atoms with Gasteiger partial charge in [-0.2, -0.15) is 5.26 Å². The Balaban J connectivity index is 2.29. The fourth-order valence-electron chi connectivity index (χ4n) is 1.45. The summed E-state index contributed by atoms with van der Waals surface area (Å²) >= 11 is 0. The number of likely N-dealkylation sites (N-methyl/N-ethyl adjacent to an activating group) is 1. The summed E-state index contributed by atoms with van der Waals surface area (Å²) in [5.41, 5.74) is 1.04. The van der Waals surface area contributed by atoms with Crippen molar-refractivity contribution in [3.63, 3.8) is 0 Å². The molecule has 1 unspecified atom stereocenters. The molecule has 1 aromatic rings. The van der Waals surface area contributed by atoms with E-state index in [1.807, 2.05) is 36.4 Å². The van der Waals surface area contributed by atoms with Crippen molar-refractivity contribution >= 4 is 0 Å². The lowest BCUT2D eigenvalue weighted by Crippen LogP contribution is -1.87. The minimum absolute atomic E-state index is 0.0568. The van der Waals surface area contributed by atoms with Gasteiger partial charge in [0.2, 0.25) is 0 Å². The number of hydrogen-bond donors (Lipinski definition) is 0. The number of hydrogen-bond acceptors (Lipinski definition) is 2. The smallest absolute Gasteiger partial charge is 0.118 e. The number of rotatable bonds is 1. The van der Waals surface area contributed by atoms with E-state index in [0.717, 1.165) is 5.56 Å². The van der Waals surface area contributed by atoms with E-state index in [1.54, 1.807) is 11.9 Å². The van der Waals surface area contributed by atoms with Crippen molar-refractivity contribution in [3.8, 4) is 6.07 Å². The lowest BCUT2D eigenvalue weighted by Gasteiger charge is -1.94. The van der Waals surface area contributed by atoms with E-state index in [-0.39, 0.29) is 6.04 Å². The van der Waals surface area contributed by atoms with Crippen molar-refractivity contribution in [1.82, 2.24) is 4.90 Å². The van der Waals surface area contributed by atoms with E-state index in [2.05, 4.69) is 0 Å². The molecule has 3 atom stereocenters. The molecule has 1 saturated heterocycles. The molecule has 2 nitrogen and oxygen atoms in total. The Bertz CT molecular complexity index is 357. The lowest BCUT2D eigenvalue weighted by molar-refractivity contribution is 0.615. The van der Waals surface area contributed by atoms with Crippen LogP contribution in [0.4, 0.5) is 0 Å². The summed E-state index contributed by atoms with van der Waals surface area (Å²) in [5, 5.41) is 8.79. The molecule has 0 aromatic heterocycles. The van der Waals surface area contributed by atoms with Gasteiger partial charge in [0.1, 0.15) is 6.02 Å². The largest absolute Gasteiger partial charge is 0.280 e. The first-order chi connectivity index (χ1) is 6.20. The molecule has 2 heteroatoms. The van der Waals surface area contributed by atoms with Crippen LogP contribution in [0.25, 0.3) is 0 Å². The van der Waals surface area contributed by atoms with Crippen LogP contribution in [0.1, 0.15) is 13.0 Å². The summed E-state index contributed by atoms with van der Waals surface area (Å²) in [6.07, 6.45) is 0. The van der Waals surface area contributed by atoms with E-state index in [0.29, 0.717) is 0 Å². The maximum absolute atomic E-state index is 8.79. The highest BCUT2D eigenvalue weighted by molar-refractivity contribution is 5.30. The van der Waals surface area contributed by atoms with Gasteiger partial charge in [-0.15, -0.1) is 0 Å². The number of nitrogens with zero attached hydrogens (tertiary/aromatic N) is 2. The second-order valence-corrected chi connectivity index (χ2v) is 2.92. The summed E-state index contributed by atoms with van der Waals surface area (Å²) in [6, 6.07) is 10.6. The third-order valence-electron chi connectivity index (χ3n) is 2.19. The number of nitriles is 1. The predicted octanol–water partition coefficient (Wildman–Crippen LogP) is 1.57. The molecule has 60 valence electrons. The monoisotopic (exact) mass is 159 g/mol. The first-order valence-electron chi connectivity index (χ1n) is 4.39. The highest BCUT2D eigenvalue weighted by Gasteiger charge is 2.45. The van der Waals surface area contributed by atoms with Gasteiger partial charge in [0.05, 0.1) is 13.5 Å². The van der Waals surface area contributed by atoms with Gasteiger partial charge in [-0.3, -0.25) is 4.90 Å². The highest BCUT2D eigenvalue weighted by atomic mass is 15.3. The molecule has 0 radical (unpaired) electrons. The molecule has 0 aliphatic carbocycles. The molecule has 12 heavy (non-hydrogen) atoms. The SMILES string of the molecule is [2H][C@@]1(C#N)[C@H](c2ccccc2)N1C. The molecule has 1 heterocycles. The Labute approximate surface area is 73.4 Å². The van der Waals surface area contributed by atoms with E-state index in [1.165, 1.54) is 0 Å². The van der Waals surface area contributed by atoms with Gasteiger partial charge in [-0.25, -0.2) is 0 Å². The van der Waals surface area contributed by atoms with E-state index < -0.39 is 6.02 Å². The maximum Gasteiger partial charge on any atom is 0.118 e. The number of benzene rings is 1. The first kappa shape index (κ1) is 6.22. The zero-order valence-electron chi connectivity index (χ0n) is 7.86. The third-order valence-corrected chi connectivity index (χ3v) is 2.19. The van der Waals surface area contributed by atoms with Crippen molar-refractivity contribution in [2.75, 3.05) is 7.05 Å². The molecule has 1 aromatic carbocycles. The molecule has 0 N–H and O–H groups in total. The zero-order chi connectivity index (χ0) is 9.47. The predicted molar refractivity (Wildman–Crippen MR) is 46.3 cm³/mol. The Morgan fingerprint density at radius 2 is 2.17 bits per heavy atom. The van der Waals surface area contributed by atoms with Crippen molar-refractivity contribution in [1.29, 1.82) is 5.26 Å². The summed E-state index contributed by atoms with van der Waals surface area (Å²) < 4.78 is 7.76. The molecular weight excluding hydrogens is 148 g/mol. The van der Waals surface area contributed by atoms with Crippen LogP contribution in [0.15, 0.2) is 30.3 Å². The molecular formula is C10H10N2. The topological polar surface area (TPSA) is 26.8 Å². The summed E-state index contributed by atoms with van der Waals surface area (Å²) in [6.45, 7) is 0. The standard InChI is InChI=1S/C10H10N2/c1-12-9(7-11)10(12)8-5-3-2-4-6-8/h2-6,9-10H,1H3/t9-,10+,12?/m1/s1/i9D. The van der Waals surface area contributed by atoms with Crippen molar-refractivity contribution in [2.24, 2.45) is 0 Å². The lowest BCUT2D eigenvalue weighted by atomic mass is 10.1. The molecule has 1 aliphatic rings. The quantitative estimate of drug-likeness (QED) is 0.581. The van der Waals surface area contributed by atoms with E-state index in [4.69, 9.17) is 6.63 Å². The Kier molecular flexibility index (Phi) is 1.35. The van der Waals surface area contributed by atoms with E-state index in [9.17, 15) is 0 Å². The normalized spacial score (nSPS) is 39.8. The van der Waals surface area contributed by atoms with Crippen LogP contribution >= 0.6 is 0 Å². The molecule has 0 saturated carbocycles. The van der Waals surface area contributed by atoms with Crippen LogP contribution in [-0.4, -0.2) is 18.0 Å². The zero-order valence-corrected chi connectivity index (χ0v) is 6.86. The van der Waals surface area contributed by atoms with Crippen LogP contribution < -0.4 is 0 Å². The minimum atomic E-state index is -1.04. The van der Waals surface area contributed by atoms with Gasteiger partial charge < -0.3 is 0 Å². The Morgan fingerprint density at radius 1 is 1.50 bits per heavy atom. The van der Waals surface area contributed by atoms with Crippen molar-refractivity contribution in [2.45, 2.75) is 12.1 Å². The second-order valence-electron chi connectivity index (χ2n) is 2.92. The van der Waals surface area contributed by atoms with Gasteiger partial charge in [-0.05, 0) is 12.6 Å². The van der Waals surface area contributed by atoms with Crippen LogP contribution in [0, 0.1) is 11.3 Å². The van der Waals surface area contributed by atoms with E-state index >= 15 is 0 Å². The minimum Gasteiger partial charge on any atom is -0.280 e. The van der Waals surface area contributed by atoms with Gasteiger partial charge in [0, 0.05) is 0 Å². The molecule has 0 amide bonds. The summed E-state index contributed by atoms with van der Waals surface area (Å²) in [4.78, 5) is 1.75. The molecule has 2 rings (SSSR count). The average Bonchev–Trinajstić information content (AvgIpc) is 2.72. The van der Waals surface area contributed by atoms with Crippen molar-refractivity contribution < 1.29 is 1.37 Å². The fourth-order valence-corrected chi connectivity index (χ4v) is 1.45. The highest BCUT2D eigenvalue weighted by Crippen LogP contribution is 2.40. The fraction of sp³-hybridized carbons (Fsp3) is 0.300. The first-order valence-corrected chi connectivity index (χ1v) is 3.89. The second kappa shape index (κ2) is 2.62. The van der Waals surface area contributed by atoms with Gasteiger partial charge in [0.25, 0.3) is 0 Å². The Hall–Kier alpha value is -1.33. The molecule has 0 bridgehead atoms. The third kappa shape index (κ3) is 0.992. The molecule has 1 fully saturated rings. The Morgan fingerprint density at radius 3 is 2.67 bits per heavy atom. The van der Waals surface area contributed by atoms with Gasteiger partial charge in [-0.1, -0.05) is 30.3 Å². The van der Waals surface area contributed by atoms with Crippen LogP contribution in [0.3, 0.4) is 0 Å². The maximum atomic E-state index is 8.79. The van der Waals surface area contributed by atoms with Crippen LogP contribution in [-0.2, 0) is 0 Å². The van der Waals surface area contributed by atoms with Gasteiger partial charge >= 0.3 is 0 Å². The van der Waals surface area contributed by atoms with Crippen LogP contribution in [0.2, 0.25) is 0 Å². The van der Waals surface area contributed by atoms with Crippen LogP contribution in [0.5, 0.6) is 0 Å².